The van der Waals surface area contributed by atoms with Gasteiger partial charge in [0, 0.05) is 17.2 Å². The van der Waals surface area contributed by atoms with Crippen LogP contribution in [0.15, 0.2) is 41.8 Å². The molecule has 1 aliphatic rings. The van der Waals surface area contributed by atoms with E-state index >= 15 is 0 Å². The summed E-state index contributed by atoms with van der Waals surface area (Å²) in [6, 6.07) is 7.56. The van der Waals surface area contributed by atoms with E-state index in [1.165, 1.54) is 0 Å². The molecule has 0 amide bonds. The molecule has 18 heavy (non-hydrogen) atoms. The van der Waals surface area contributed by atoms with Crippen LogP contribution in [0, 0.1) is 12.8 Å². The van der Waals surface area contributed by atoms with Crippen molar-refractivity contribution in [3.63, 3.8) is 0 Å². The smallest absolute Gasteiger partial charge is 0.152 e. The van der Waals surface area contributed by atoms with Gasteiger partial charge in [0.15, 0.2) is 5.78 Å². The molecule has 3 atom stereocenters. The van der Waals surface area contributed by atoms with E-state index in [-0.39, 0.29) is 11.7 Å². The van der Waals surface area contributed by atoms with Gasteiger partial charge < -0.3 is 0 Å². The molecule has 2 rings (SSSR count). The molecule has 3 unspecified atom stereocenters. The van der Waals surface area contributed by atoms with Crippen molar-refractivity contribution in [2.75, 3.05) is 0 Å². The molecule has 0 N–H and O–H groups in total. The van der Waals surface area contributed by atoms with E-state index in [1.807, 2.05) is 38.1 Å². The summed E-state index contributed by atoms with van der Waals surface area (Å²) in [5, 5.41) is 0. The van der Waals surface area contributed by atoms with E-state index < -0.39 is 15.5 Å². The number of allylic oxidation sites excluding steroid dienone is 1. The number of benzene rings is 1. The second kappa shape index (κ2) is 4.81. The van der Waals surface area contributed by atoms with E-state index in [1.54, 1.807) is 6.08 Å². The molecule has 0 bridgehead atoms. The highest BCUT2D eigenvalue weighted by molar-refractivity contribution is 7.87. The lowest BCUT2D eigenvalue weighted by atomic mass is 9.97. The minimum Gasteiger partial charge on any atom is -0.298 e. The molecule has 0 saturated heterocycles. The largest absolute Gasteiger partial charge is 0.298 e. The Morgan fingerprint density at radius 1 is 1.39 bits per heavy atom. The first-order valence-corrected chi connectivity index (χ1v) is 7.29. The highest BCUT2D eigenvalue weighted by Crippen LogP contribution is 2.40. The molecule has 3 heteroatoms. The van der Waals surface area contributed by atoms with Crippen LogP contribution in [0.1, 0.15) is 25.3 Å². The molecular formula is C15H18O2S. The van der Waals surface area contributed by atoms with E-state index in [0.29, 0.717) is 6.42 Å². The Bertz CT molecular complexity index is 504. The van der Waals surface area contributed by atoms with Crippen molar-refractivity contribution in [1.29, 1.82) is 0 Å². The Hall–Kier alpha value is -1.22. The van der Waals surface area contributed by atoms with E-state index in [0.717, 1.165) is 16.9 Å². The lowest BCUT2D eigenvalue weighted by molar-refractivity contribution is -0.119. The third kappa shape index (κ3) is 1.97. The van der Waals surface area contributed by atoms with Crippen LogP contribution in [-0.2, 0) is 15.6 Å². The van der Waals surface area contributed by atoms with Gasteiger partial charge in [-0.3, -0.25) is 9.00 Å². The molecule has 0 heterocycles. The zero-order valence-electron chi connectivity index (χ0n) is 10.8. The van der Waals surface area contributed by atoms with Crippen LogP contribution >= 0.6 is 0 Å². The number of hydrogen-bond acceptors (Lipinski definition) is 2. The summed E-state index contributed by atoms with van der Waals surface area (Å²) in [6.45, 7) is 7.57. The average molecular weight is 262 g/mol. The van der Waals surface area contributed by atoms with Gasteiger partial charge in [0.25, 0.3) is 0 Å². The highest BCUT2D eigenvalue weighted by atomic mass is 32.2. The number of Topliss-reactive ketones (excluding diaryl/α,β-unsaturated/α-hetero) is 1. The summed E-state index contributed by atoms with van der Waals surface area (Å²) in [5.74, 6) is 0.0958. The maximum absolute atomic E-state index is 12.7. The Morgan fingerprint density at radius 3 is 2.56 bits per heavy atom. The summed E-state index contributed by atoms with van der Waals surface area (Å²) in [7, 11) is -1.31. The van der Waals surface area contributed by atoms with Gasteiger partial charge in [0.1, 0.15) is 4.75 Å². The summed E-state index contributed by atoms with van der Waals surface area (Å²) in [5.41, 5.74) is 1.12. The fourth-order valence-electron chi connectivity index (χ4n) is 2.51. The van der Waals surface area contributed by atoms with Gasteiger partial charge in [-0.05, 0) is 32.4 Å². The van der Waals surface area contributed by atoms with Crippen LogP contribution in [0.3, 0.4) is 0 Å². The fraction of sp³-hybridized carbons (Fsp3) is 0.400. The summed E-state index contributed by atoms with van der Waals surface area (Å²) in [4.78, 5) is 12.8. The van der Waals surface area contributed by atoms with Crippen molar-refractivity contribution in [1.82, 2.24) is 0 Å². The monoisotopic (exact) mass is 262 g/mol. The molecule has 0 radical (unpaired) electrons. The van der Waals surface area contributed by atoms with Crippen molar-refractivity contribution in [3.8, 4) is 0 Å². The molecule has 2 nitrogen and oxygen atoms in total. The molecular weight excluding hydrogens is 244 g/mol. The molecule has 0 aromatic heterocycles. The third-order valence-electron chi connectivity index (χ3n) is 3.85. The zero-order chi connectivity index (χ0) is 13.3. The second-order valence-electron chi connectivity index (χ2n) is 4.99. The van der Waals surface area contributed by atoms with Gasteiger partial charge in [-0.1, -0.05) is 23.8 Å². The summed E-state index contributed by atoms with van der Waals surface area (Å²) < 4.78 is 11.9. The molecule has 1 saturated carbocycles. The SMILES string of the molecule is C=CC1CCC(=O)C1(C)S(=O)c1ccc(C)cc1. The first-order chi connectivity index (χ1) is 8.50. The third-order valence-corrected chi connectivity index (χ3v) is 5.85. The Balaban J connectivity index is 2.40. The maximum atomic E-state index is 12.7. The molecule has 0 spiro atoms. The molecule has 1 aliphatic carbocycles. The fourth-order valence-corrected chi connectivity index (χ4v) is 4.18. The second-order valence-corrected chi connectivity index (χ2v) is 6.85. The topological polar surface area (TPSA) is 34.1 Å². The van der Waals surface area contributed by atoms with Gasteiger partial charge in [-0.2, -0.15) is 0 Å². The van der Waals surface area contributed by atoms with Crippen LogP contribution in [0.5, 0.6) is 0 Å². The lowest BCUT2D eigenvalue weighted by Gasteiger charge is -2.27. The van der Waals surface area contributed by atoms with Gasteiger partial charge in [0.05, 0.1) is 10.8 Å². The summed E-state index contributed by atoms with van der Waals surface area (Å²) in [6.07, 6.45) is 3.04. The number of hydrogen-bond donors (Lipinski definition) is 0. The van der Waals surface area contributed by atoms with Gasteiger partial charge >= 0.3 is 0 Å². The predicted octanol–water partition coefficient (Wildman–Crippen LogP) is 3.03. The first kappa shape index (κ1) is 13.2. The average Bonchev–Trinajstić information content (AvgIpc) is 2.67. The van der Waals surface area contributed by atoms with Gasteiger partial charge in [-0.25, -0.2) is 0 Å². The van der Waals surface area contributed by atoms with E-state index in [2.05, 4.69) is 6.58 Å². The number of carbonyl (C=O) groups is 1. The maximum Gasteiger partial charge on any atom is 0.152 e. The molecule has 1 aromatic rings. The minimum atomic E-state index is -1.31. The van der Waals surface area contributed by atoms with Crippen LogP contribution in [0.2, 0.25) is 0 Å². The molecule has 1 aromatic carbocycles. The first-order valence-electron chi connectivity index (χ1n) is 6.14. The zero-order valence-corrected chi connectivity index (χ0v) is 11.6. The van der Waals surface area contributed by atoms with Crippen LogP contribution < -0.4 is 0 Å². The Kier molecular flexibility index (Phi) is 3.53. The highest BCUT2D eigenvalue weighted by Gasteiger charge is 2.49. The summed E-state index contributed by atoms with van der Waals surface area (Å²) >= 11 is 0. The predicted molar refractivity (Wildman–Crippen MR) is 73.9 cm³/mol. The van der Waals surface area contributed by atoms with Gasteiger partial charge in [0.2, 0.25) is 0 Å². The Labute approximate surface area is 111 Å². The van der Waals surface area contributed by atoms with Crippen molar-refractivity contribution < 1.29 is 9.00 Å². The molecule has 96 valence electrons. The number of aryl methyl sites for hydroxylation is 1. The van der Waals surface area contributed by atoms with Crippen molar-refractivity contribution >= 4 is 16.6 Å². The van der Waals surface area contributed by atoms with Crippen LogP contribution in [-0.4, -0.2) is 14.7 Å². The van der Waals surface area contributed by atoms with E-state index in [9.17, 15) is 9.00 Å². The molecule has 0 aliphatic heterocycles. The van der Waals surface area contributed by atoms with Crippen molar-refractivity contribution in [3.05, 3.63) is 42.5 Å². The van der Waals surface area contributed by atoms with Gasteiger partial charge in [-0.15, -0.1) is 6.58 Å². The Morgan fingerprint density at radius 2 is 2.00 bits per heavy atom. The van der Waals surface area contributed by atoms with Crippen molar-refractivity contribution in [2.45, 2.75) is 36.3 Å². The number of rotatable bonds is 3. The normalized spacial score (nSPS) is 29.2. The quantitative estimate of drug-likeness (QED) is 0.785. The van der Waals surface area contributed by atoms with E-state index in [4.69, 9.17) is 0 Å². The standard InChI is InChI=1S/C15H18O2S/c1-4-12-7-10-14(16)15(12,3)18(17)13-8-5-11(2)6-9-13/h4-6,8-9,12H,1,7,10H2,2-3H3. The van der Waals surface area contributed by atoms with Crippen LogP contribution in [0.4, 0.5) is 0 Å². The molecule has 1 fully saturated rings. The number of ketones is 1. The van der Waals surface area contributed by atoms with Crippen molar-refractivity contribution in [2.24, 2.45) is 5.92 Å². The number of carbonyl (C=O) groups excluding carboxylic acids is 1. The van der Waals surface area contributed by atoms with Crippen LogP contribution in [0.25, 0.3) is 0 Å². The lowest BCUT2D eigenvalue weighted by Crippen LogP contribution is -2.40. The minimum absolute atomic E-state index is 0.00661.